The summed E-state index contributed by atoms with van der Waals surface area (Å²) in [6.07, 6.45) is 2.60. The van der Waals surface area contributed by atoms with Gasteiger partial charge < -0.3 is 16.0 Å². The lowest BCUT2D eigenvalue weighted by Crippen LogP contribution is -2.35. The molecule has 1 atom stereocenters. The second-order valence-corrected chi connectivity index (χ2v) is 4.18. The molecule has 0 heterocycles. The second-order valence-electron chi connectivity index (χ2n) is 4.18. The zero-order valence-corrected chi connectivity index (χ0v) is 11.1. The molecule has 1 unspecified atom stereocenters. The molecule has 0 aliphatic heterocycles. The van der Waals surface area contributed by atoms with Crippen molar-refractivity contribution in [2.24, 2.45) is 0 Å². The molecule has 0 saturated heterocycles. The van der Waals surface area contributed by atoms with E-state index in [1.54, 1.807) is 0 Å². The first kappa shape index (κ1) is 15.9. The summed E-state index contributed by atoms with van der Waals surface area (Å²) in [5.41, 5.74) is 0. The van der Waals surface area contributed by atoms with Crippen LogP contribution < -0.4 is 16.0 Å². The fraction of sp³-hybridized carbons (Fsp3) is 0.833. The highest BCUT2D eigenvalue weighted by Gasteiger charge is 2.06. The van der Waals surface area contributed by atoms with E-state index in [9.17, 15) is 9.59 Å². The van der Waals surface area contributed by atoms with E-state index in [0.717, 1.165) is 19.4 Å². The van der Waals surface area contributed by atoms with Crippen LogP contribution in [0, 0.1) is 0 Å². The Labute approximate surface area is 104 Å². The molecule has 0 bridgehead atoms. The molecular formula is C12H25N3O2. The fourth-order valence-corrected chi connectivity index (χ4v) is 1.28. The number of carbonyl (C=O) groups excluding carboxylic acids is 2. The molecule has 100 valence electrons. The van der Waals surface area contributed by atoms with E-state index in [4.69, 9.17) is 0 Å². The Bertz CT molecular complexity index is 232. The van der Waals surface area contributed by atoms with Gasteiger partial charge in [0.15, 0.2) is 0 Å². The van der Waals surface area contributed by atoms with Crippen LogP contribution >= 0.6 is 0 Å². The zero-order chi connectivity index (χ0) is 13.1. The maximum absolute atomic E-state index is 11.4. The number of hydrogen-bond acceptors (Lipinski definition) is 3. The van der Waals surface area contributed by atoms with Gasteiger partial charge in [0.25, 0.3) is 0 Å². The minimum absolute atomic E-state index is 0.00475. The molecule has 0 rings (SSSR count). The second kappa shape index (κ2) is 10.1. The van der Waals surface area contributed by atoms with E-state index in [1.165, 1.54) is 0 Å². The molecule has 17 heavy (non-hydrogen) atoms. The maximum atomic E-state index is 11.4. The van der Waals surface area contributed by atoms with Crippen LogP contribution in [0.4, 0.5) is 0 Å². The predicted molar refractivity (Wildman–Crippen MR) is 68.7 cm³/mol. The Hall–Kier alpha value is -1.10. The molecule has 0 radical (unpaired) electrons. The maximum Gasteiger partial charge on any atom is 0.221 e. The summed E-state index contributed by atoms with van der Waals surface area (Å²) >= 11 is 0. The number of amides is 2. The van der Waals surface area contributed by atoms with Crippen LogP contribution in [0.3, 0.4) is 0 Å². The minimum Gasteiger partial charge on any atom is -0.356 e. The highest BCUT2D eigenvalue weighted by molar-refractivity contribution is 5.79. The lowest BCUT2D eigenvalue weighted by molar-refractivity contribution is -0.122. The van der Waals surface area contributed by atoms with E-state index in [-0.39, 0.29) is 17.9 Å². The molecule has 3 N–H and O–H groups in total. The van der Waals surface area contributed by atoms with Crippen molar-refractivity contribution in [3.63, 3.8) is 0 Å². The number of carbonyl (C=O) groups is 2. The van der Waals surface area contributed by atoms with Gasteiger partial charge in [-0.05, 0) is 33.4 Å². The lowest BCUT2D eigenvalue weighted by atomic mass is 10.2. The minimum atomic E-state index is -0.00475. The van der Waals surface area contributed by atoms with Gasteiger partial charge in [0, 0.05) is 25.4 Å². The predicted octanol–water partition coefficient (Wildman–Crippen LogP) is 0.407. The average molecular weight is 243 g/mol. The van der Waals surface area contributed by atoms with Crippen molar-refractivity contribution >= 4 is 11.8 Å². The van der Waals surface area contributed by atoms with Crippen LogP contribution in [0.25, 0.3) is 0 Å². The molecular weight excluding hydrogens is 218 g/mol. The third kappa shape index (κ3) is 9.81. The zero-order valence-electron chi connectivity index (χ0n) is 11.1. The molecule has 0 saturated carbocycles. The van der Waals surface area contributed by atoms with Crippen LogP contribution in [0.1, 0.15) is 39.5 Å². The summed E-state index contributed by atoms with van der Waals surface area (Å²) in [5.74, 6) is 0.00599. The fourth-order valence-electron chi connectivity index (χ4n) is 1.28. The first-order valence-corrected chi connectivity index (χ1v) is 6.30. The summed E-state index contributed by atoms with van der Waals surface area (Å²) in [6, 6.07) is 0.203. The monoisotopic (exact) mass is 243 g/mol. The van der Waals surface area contributed by atoms with Gasteiger partial charge in [0.1, 0.15) is 0 Å². The Morgan fingerprint density at radius 1 is 1.12 bits per heavy atom. The summed E-state index contributed by atoms with van der Waals surface area (Å²) in [6.45, 7) is 5.24. The molecule has 0 fully saturated rings. The molecule has 0 aromatic carbocycles. The third-order valence-electron chi connectivity index (χ3n) is 2.52. The third-order valence-corrected chi connectivity index (χ3v) is 2.52. The molecule has 0 aliphatic carbocycles. The van der Waals surface area contributed by atoms with Gasteiger partial charge in [-0.15, -0.1) is 0 Å². The SMILES string of the molecule is CCC(C)NC(=O)CCNC(=O)CCCNC. The standard InChI is InChI=1S/C12H25N3O2/c1-4-10(2)15-12(17)7-9-14-11(16)6-5-8-13-3/h10,13H,4-9H2,1-3H3,(H,14,16)(H,15,17). The Balaban J connectivity index is 3.49. The molecule has 0 aromatic rings. The van der Waals surface area contributed by atoms with E-state index < -0.39 is 0 Å². The van der Waals surface area contributed by atoms with Gasteiger partial charge in [-0.25, -0.2) is 0 Å². The van der Waals surface area contributed by atoms with Crippen LogP contribution in [0.5, 0.6) is 0 Å². The molecule has 0 aliphatic rings. The quantitative estimate of drug-likeness (QED) is 0.514. The van der Waals surface area contributed by atoms with Crippen molar-refractivity contribution in [1.29, 1.82) is 0 Å². The smallest absolute Gasteiger partial charge is 0.221 e. The van der Waals surface area contributed by atoms with Crippen molar-refractivity contribution < 1.29 is 9.59 Å². The van der Waals surface area contributed by atoms with Gasteiger partial charge in [-0.1, -0.05) is 6.92 Å². The normalized spacial score (nSPS) is 11.9. The lowest BCUT2D eigenvalue weighted by Gasteiger charge is -2.11. The van der Waals surface area contributed by atoms with Gasteiger partial charge >= 0.3 is 0 Å². The van der Waals surface area contributed by atoms with Gasteiger partial charge in [-0.2, -0.15) is 0 Å². The number of hydrogen-bond donors (Lipinski definition) is 3. The average Bonchev–Trinajstić information content (AvgIpc) is 2.29. The molecule has 0 spiro atoms. The van der Waals surface area contributed by atoms with Crippen molar-refractivity contribution in [2.75, 3.05) is 20.1 Å². The largest absolute Gasteiger partial charge is 0.356 e. The van der Waals surface area contributed by atoms with Crippen LogP contribution in [0.2, 0.25) is 0 Å². The number of rotatable bonds is 9. The summed E-state index contributed by atoms with van der Waals surface area (Å²) in [7, 11) is 1.86. The Morgan fingerprint density at radius 3 is 2.41 bits per heavy atom. The Kier molecular flexibility index (Phi) is 9.43. The molecule has 0 aromatic heterocycles. The van der Waals surface area contributed by atoms with Crippen molar-refractivity contribution in [3.8, 4) is 0 Å². The Morgan fingerprint density at radius 2 is 1.82 bits per heavy atom. The topological polar surface area (TPSA) is 70.2 Å². The summed E-state index contributed by atoms with van der Waals surface area (Å²) in [4.78, 5) is 22.7. The highest BCUT2D eigenvalue weighted by Crippen LogP contribution is 1.90. The first-order valence-electron chi connectivity index (χ1n) is 6.30. The first-order chi connectivity index (χ1) is 8.10. The van der Waals surface area contributed by atoms with E-state index in [1.807, 2.05) is 20.9 Å². The highest BCUT2D eigenvalue weighted by atomic mass is 16.2. The van der Waals surface area contributed by atoms with Crippen molar-refractivity contribution in [1.82, 2.24) is 16.0 Å². The van der Waals surface area contributed by atoms with Gasteiger partial charge in [0.05, 0.1) is 0 Å². The van der Waals surface area contributed by atoms with E-state index in [2.05, 4.69) is 16.0 Å². The van der Waals surface area contributed by atoms with Crippen molar-refractivity contribution in [2.45, 2.75) is 45.6 Å². The van der Waals surface area contributed by atoms with E-state index in [0.29, 0.717) is 19.4 Å². The van der Waals surface area contributed by atoms with E-state index >= 15 is 0 Å². The molecule has 5 heteroatoms. The van der Waals surface area contributed by atoms with Gasteiger partial charge in [-0.3, -0.25) is 9.59 Å². The van der Waals surface area contributed by atoms with Crippen LogP contribution in [0.15, 0.2) is 0 Å². The van der Waals surface area contributed by atoms with Crippen LogP contribution in [-0.2, 0) is 9.59 Å². The molecule has 5 nitrogen and oxygen atoms in total. The summed E-state index contributed by atoms with van der Waals surface area (Å²) in [5, 5.41) is 8.57. The van der Waals surface area contributed by atoms with Gasteiger partial charge in [0.2, 0.25) is 11.8 Å². The summed E-state index contributed by atoms with van der Waals surface area (Å²) < 4.78 is 0. The molecule has 2 amide bonds. The number of nitrogens with one attached hydrogen (secondary N) is 3. The van der Waals surface area contributed by atoms with Crippen LogP contribution in [-0.4, -0.2) is 38.0 Å². The van der Waals surface area contributed by atoms with Crippen molar-refractivity contribution in [3.05, 3.63) is 0 Å².